The molecule has 0 radical (unpaired) electrons. The van der Waals surface area contributed by atoms with Crippen LogP contribution in [0.5, 0.6) is 5.75 Å². The van der Waals surface area contributed by atoms with Crippen molar-refractivity contribution in [2.75, 3.05) is 40.3 Å². The van der Waals surface area contributed by atoms with Crippen molar-refractivity contribution in [3.8, 4) is 5.75 Å². The highest BCUT2D eigenvalue weighted by Crippen LogP contribution is 2.24. The fourth-order valence-electron chi connectivity index (χ4n) is 3.41. The lowest BCUT2D eigenvalue weighted by Crippen LogP contribution is -2.54. The van der Waals surface area contributed by atoms with Gasteiger partial charge in [0, 0.05) is 57.3 Å². The lowest BCUT2D eigenvalue weighted by atomic mass is 10.1. The number of carbonyl (C=O) groups is 2. The molecule has 0 aliphatic carbocycles. The molecule has 8 nitrogen and oxygen atoms in total. The Hall–Kier alpha value is -3.03. The first kappa shape index (κ1) is 20.7. The van der Waals surface area contributed by atoms with Crippen LogP contribution in [-0.2, 0) is 4.79 Å². The Balaban J connectivity index is 1.66. The van der Waals surface area contributed by atoms with Gasteiger partial charge < -0.3 is 23.9 Å². The van der Waals surface area contributed by atoms with E-state index in [1.807, 2.05) is 13.0 Å². The Morgan fingerprint density at radius 3 is 2.31 bits per heavy atom. The van der Waals surface area contributed by atoms with Gasteiger partial charge in [-0.1, -0.05) is 0 Å². The summed E-state index contributed by atoms with van der Waals surface area (Å²) in [6, 6.07) is 5.19. The molecule has 1 aliphatic rings. The molecule has 3 amide bonds. The van der Waals surface area contributed by atoms with Gasteiger partial charge >= 0.3 is 11.7 Å². The van der Waals surface area contributed by atoms with E-state index in [4.69, 9.17) is 9.15 Å². The third-order valence-corrected chi connectivity index (χ3v) is 5.33. The van der Waals surface area contributed by atoms with E-state index in [0.29, 0.717) is 43.1 Å². The minimum Gasteiger partial charge on any atom is -0.481 e. The molecule has 1 aromatic carbocycles. The van der Waals surface area contributed by atoms with Crippen molar-refractivity contribution in [2.24, 2.45) is 0 Å². The number of benzene rings is 1. The highest BCUT2D eigenvalue weighted by Gasteiger charge is 2.28. The first-order chi connectivity index (χ1) is 13.7. The van der Waals surface area contributed by atoms with Crippen LogP contribution < -0.4 is 10.4 Å². The van der Waals surface area contributed by atoms with Gasteiger partial charge in [0.05, 0.1) is 0 Å². The van der Waals surface area contributed by atoms with Crippen molar-refractivity contribution in [2.45, 2.75) is 26.9 Å². The Morgan fingerprint density at radius 2 is 1.69 bits per heavy atom. The van der Waals surface area contributed by atoms with Crippen LogP contribution >= 0.6 is 0 Å². The maximum atomic E-state index is 12.7. The molecule has 0 N–H and O–H groups in total. The molecule has 3 rings (SSSR count). The summed E-state index contributed by atoms with van der Waals surface area (Å²) in [4.78, 5) is 41.6. The Morgan fingerprint density at radius 1 is 1.07 bits per heavy atom. The molecule has 1 atom stereocenters. The molecule has 1 fully saturated rings. The predicted molar refractivity (Wildman–Crippen MR) is 109 cm³/mol. The third kappa shape index (κ3) is 4.21. The smallest absolute Gasteiger partial charge is 0.339 e. The van der Waals surface area contributed by atoms with Gasteiger partial charge in [-0.05, 0) is 38.5 Å². The van der Waals surface area contributed by atoms with Crippen LogP contribution in [0.3, 0.4) is 0 Å². The third-order valence-electron chi connectivity index (χ3n) is 5.33. The van der Waals surface area contributed by atoms with E-state index in [1.165, 1.54) is 4.90 Å². The monoisotopic (exact) mass is 401 g/mol. The minimum absolute atomic E-state index is 0.0513. The normalized spacial score (nSPS) is 15.3. The second kappa shape index (κ2) is 8.14. The molecule has 1 aromatic heterocycles. The maximum absolute atomic E-state index is 12.7. The molecule has 8 heteroatoms. The highest BCUT2D eigenvalue weighted by atomic mass is 16.5. The lowest BCUT2D eigenvalue weighted by Gasteiger charge is -2.36. The van der Waals surface area contributed by atoms with Gasteiger partial charge in [-0.2, -0.15) is 0 Å². The zero-order valence-electron chi connectivity index (χ0n) is 17.5. The van der Waals surface area contributed by atoms with Gasteiger partial charge in [0.2, 0.25) is 0 Å². The van der Waals surface area contributed by atoms with Crippen LogP contribution in [0.25, 0.3) is 11.0 Å². The maximum Gasteiger partial charge on any atom is 0.339 e. The Labute approximate surface area is 169 Å². The van der Waals surface area contributed by atoms with E-state index in [1.54, 1.807) is 49.9 Å². The highest BCUT2D eigenvalue weighted by molar-refractivity contribution is 5.83. The quantitative estimate of drug-likeness (QED) is 0.735. The molecule has 0 spiro atoms. The zero-order valence-corrected chi connectivity index (χ0v) is 17.5. The topological polar surface area (TPSA) is 83.3 Å². The van der Waals surface area contributed by atoms with Gasteiger partial charge in [0.25, 0.3) is 5.91 Å². The van der Waals surface area contributed by atoms with Crippen molar-refractivity contribution >= 4 is 22.9 Å². The average Bonchev–Trinajstić information content (AvgIpc) is 2.71. The molecule has 0 bridgehead atoms. The molecule has 29 heavy (non-hydrogen) atoms. The van der Waals surface area contributed by atoms with Crippen molar-refractivity contribution in [1.29, 1.82) is 0 Å². The van der Waals surface area contributed by atoms with E-state index in [9.17, 15) is 14.4 Å². The minimum atomic E-state index is -0.693. The summed E-state index contributed by atoms with van der Waals surface area (Å²) in [5.74, 6) is 0.328. The number of hydrogen-bond acceptors (Lipinski definition) is 5. The predicted octanol–water partition coefficient (Wildman–Crippen LogP) is 2.00. The number of rotatable bonds is 3. The number of urea groups is 1. The summed E-state index contributed by atoms with van der Waals surface area (Å²) < 4.78 is 11.2. The molecule has 1 saturated heterocycles. The summed E-state index contributed by atoms with van der Waals surface area (Å²) in [5, 5.41) is 0.843. The van der Waals surface area contributed by atoms with Gasteiger partial charge in [0.1, 0.15) is 11.3 Å². The van der Waals surface area contributed by atoms with Crippen LogP contribution in [0, 0.1) is 13.8 Å². The number of hydrogen-bond donors (Lipinski definition) is 0. The molecule has 156 valence electrons. The first-order valence-corrected chi connectivity index (χ1v) is 9.64. The van der Waals surface area contributed by atoms with Crippen LogP contribution in [-0.4, -0.2) is 73.0 Å². The van der Waals surface area contributed by atoms with Crippen LogP contribution in [0.4, 0.5) is 4.79 Å². The van der Waals surface area contributed by atoms with E-state index in [-0.39, 0.29) is 17.6 Å². The first-order valence-electron chi connectivity index (χ1n) is 9.64. The van der Waals surface area contributed by atoms with Crippen molar-refractivity contribution < 1.29 is 18.7 Å². The molecular formula is C21H27N3O5. The number of piperazine rings is 1. The Kier molecular flexibility index (Phi) is 5.81. The fraction of sp³-hybridized carbons (Fsp3) is 0.476. The van der Waals surface area contributed by atoms with Crippen LogP contribution in [0.2, 0.25) is 0 Å². The van der Waals surface area contributed by atoms with Crippen molar-refractivity contribution in [3.05, 3.63) is 39.7 Å². The second-order valence-electron chi connectivity index (χ2n) is 7.55. The second-order valence-corrected chi connectivity index (χ2v) is 7.55. The standard InChI is InChI=1S/C21H27N3O5/c1-13-14(2)20(26)29-18-12-16(6-7-17(13)18)28-15(3)19(25)23-8-10-24(11-9-23)21(27)22(4)5/h6-7,12,15H,8-11H2,1-5H3. The summed E-state index contributed by atoms with van der Waals surface area (Å²) in [7, 11) is 3.43. The average molecular weight is 401 g/mol. The van der Waals surface area contributed by atoms with Gasteiger partial charge in [0.15, 0.2) is 6.10 Å². The number of amides is 3. The molecule has 2 aromatic rings. The lowest BCUT2D eigenvalue weighted by molar-refractivity contribution is -0.139. The van der Waals surface area contributed by atoms with E-state index >= 15 is 0 Å². The number of nitrogens with zero attached hydrogens (tertiary/aromatic N) is 3. The molecular weight excluding hydrogens is 374 g/mol. The van der Waals surface area contributed by atoms with E-state index in [0.717, 1.165) is 10.9 Å². The van der Waals surface area contributed by atoms with E-state index < -0.39 is 6.10 Å². The van der Waals surface area contributed by atoms with Crippen molar-refractivity contribution in [3.63, 3.8) is 0 Å². The largest absolute Gasteiger partial charge is 0.481 e. The van der Waals surface area contributed by atoms with Gasteiger partial charge in [-0.15, -0.1) is 0 Å². The van der Waals surface area contributed by atoms with Crippen LogP contribution in [0.15, 0.2) is 27.4 Å². The summed E-state index contributed by atoms with van der Waals surface area (Å²) in [6.07, 6.45) is -0.693. The van der Waals surface area contributed by atoms with Crippen LogP contribution in [0.1, 0.15) is 18.1 Å². The zero-order chi connectivity index (χ0) is 21.3. The summed E-state index contributed by atoms with van der Waals surface area (Å²) >= 11 is 0. The molecule has 0 saturated carbocycles. The van der Waals surface area contributed by atoms with Gasteiger partial charge in [-0.25, -0.2) is 9.59 Å². The fourth-order valence-corrected chi connectivity index (χ4v) is 3.41. The Bertz CT molecular complexity index is 990. The van der Waals surface area contributed by atoms with E-state index in [2.05, 4.69) is 0 Å². The SMILES string of the molecule is Cc1c(C)c2ccc(OC(C)C(=O)N3CCN(C(=O)N(C)C)CC3)cc2oc1=O. The summed E-state index contributed by atoms with van der Waals surface area (Å²) in [5.41, 5.74) is 1.52. The molecule has 1 unspecified atom stereocenters. The number of carbonyl (C=O) groups excluding carboxylic acids is 2. The molecule has 2 heterocycles. The number of fused-ring (bicyclic) bond motifs is 1. The van der Waals surface area contributed by atoms with Gasteiger partial charge in [-0.3, -0.25) is 4.79 Å². The molecule has 1 aliphatic heterocycles. The number of aryl methyl sites for hydroxylation is 1. The van der Waals surface area contributed by atoms with Crippen molar-refractivity contribution in [1.82, 2.24) is 14.7 Å². The number of ether oxygens (including phenoxy) is 1. The summed E-state index contributed by atoms with van der Waals surface area (Å²) in [6.45, 7) is 7.23.